The molecule has 0 radical (unpaired) electrons. The molecule has 0 bridgehead atoms. The van der Waals surface area contributed by atoms with Gasteiger partial charge >= 0.3 is 5.97 Å². The minimum atomic E-state index is -1.03. The van der Waals surface area contributed by atoms with E-state index in [2.05, 4.69) is 15.2 Å². The van der Waals surface area contributed by atoms with E-state index >= 15 is 0 Å². The molecule has 0 amide bonds. The summed E-state index contributed by atoms with van der Waals surface area (Å²) in [5.41, 5.74) is 0.738. The lowest BCUT2D eigenvalue weighted by Gasteiger charge is -2.02. The van der Waals surface area contributed by atoms with Crippen LogP contribution < -0.4 is 4.74 Å². The summed E-state index contributed by atoms with van der Waals surface area (Å²) in [4.78, 5) is 15.5. The van der Waals surface area contributed by atoms with Crippen molar-refractivity contribution < 1.29 is 14.6 Å². The van der Waals surface area contributed by atoms with Gasteiger partial charge in [-0.05, 0) is 42.5 Å². The van der Waals surface area contributed by atoms with E-state index in [1.807, 2.05) is 0 Å². The number of hydrogen-bond donors (Lipinski definition) is 2. The Morgan fingerprint density at radius 1 is 1.50 bits per heavy atom. The van der Waals surface area contributed by atoms with Crippen molar-refractivity contribution in [3.8, 4) is 5.75 Å². The molecule has 0 atom stereocenters. The molecule has 0 saturated heterocycles. The summed E-state index contributed by atoms with van der Waals surface area (Å²) in [6.45, 7) is 1.75. The van der Waals surface area contributed by atoms with Crippen LogP contribution in [0.15, 0.2) is 34.3 Å². The van der Waals surface area contributed by atoms with Gasteiger partial charge in [-0.1, -0.05) is 12.1 Å². The topological polar surface area (TPSA) is 88.1 Å². The van der Waals surface area contributed by atoms with Crippen molar-refractivity contribution in [3.05, 3.63) is 40.6 Å². The van der Waals surface area contributed by atoms with Crippen LogP contribution in [0.3, 0.4) is 0 Å². The van der Waals surface area contributed by atoms with Gasteiger partial charge in [-0.2, -0.15) is 0 Å². The molecular formula is C13H13N3O3S. The smallest absolute Gasteiger partial charge is 0.342 e. The number of carboxylic acids is 1. The Kier molecular flexibility index (Phi) is 4.41. The maximum Gasteiger partial charge on any atom is 0.342 e. The van der Waals surface area contributed by atoms with E-state index in [4.69, 9.17) is 4.74 Å². The van der Waals surface area contributed by atoms with Crippen molar-refractivity contribution in [1.82, 2.24) is 15.2 Å². The van der Waals surface area contributed by atoms with E-state index in [0.29, 0.717) is 16.7 Å². The van der Waals surface area contributed by atoms with Crippen LogP contribution in [-0.4, -0.2) is 33.4 Å². The summed E-state index contributed by atoms with van der Waals surface area (Å²) in [5.74, 6) is 0.279. The number of aromatic amines is 1. The van der Waals surface area contributed by atoms with Crippen molar-refractivity contribution in [2.24, 2.45) is 0 Å². The van der Waals surface area contributed by atoms with Gasteiger partial charge in [0.15, 0.2) is 0 Å². The standard InChI is InChI=1S/C13H13N3O3S/c1-8-14-13(16-15-8)20-11(12(17)18)7-9-4-3-5-10(6-9)19-2/h3-7H,1-2H3,(H,17,18)(H,14,15,16). The summed E-state index contributed by atoms with van der Waals surface area (Å²) < 4.78 is 5.11. The van der Waals surface area contributed by atoms with Crippen LogP contribution in [0.25, 0.3) is 6.08 Å². The highest BCUT2D eigenvalue weighted by atomic mass is 32.2. The van der Waals surface area contributed by atoms with Gasteiger partial charge in [0.25, 0.3) is 0 Å². The Labute approximate surface area is 119 Å². The molecule has 104 valence electrons. The van der Waals surface area contributed by atoms with Gasteiger partial charge in [0.05, 0.1) is 7.11 Å². The van der Waals surface area contributed by atoms with E-state index in [1.165, 1.54) is 0 Å². The molecule has 1 heterocycles. The number of ether oxygens (including phenoxy) is 1. The van der Waals surface area contributed by atoms with Gasteiger partial charge in [0, 0.05) is 0 Å². The van der Waals surface area contributed by atoms with Gasteiger partial charge in [-0.3, -0.25) is 5.10 Å². The molecular weight excluding hydrogens is 278 g/mol. The first-order chi connectivity index (χ1) is 9.58. The van der Waals surface area contributed by atoms with Crippen molar-refractivity contribution in [2.75, 3.05) is 7.11 Å². The maximum absolute atomic E-state index is 11.3. The van der Waals surface area contributed by atoms with Crippen LogP contribution in [-0.2, 0) is 4.79 Å². The molecule has 0 aliphatic heterocycles. The van der Waals surface area contributed by atoms with E-state index in [1.54, 1.807) is 44.4 Å². The second-order valence-corrected chi connectivity index (χ2v) is 4.90. The first kappa shape index (κ1) is 14.1. The second kappa shape index (κ2) is 6.25. The highest BCUT2D eigenvalue weighted by molar-refractivity contribution is 8.04. The summed E-state index contributed by atoms with van der Waals surface area (Å²) in [6, 6.07) is 7.15. The quantitative estimate of drug-likeness (QED) is 0.649. The van der Waals surface area contributed by atoms with Crippen LogP contribution in [0.5, 0.6) is 5.75 Å². The molecule has 1 aromatic carbocycles. The van der Waals surface area contributed by atoms with Crippen molar-refractivity contribution in [2.45, 2.75) is 12.1 Å². The van der Waals surface area contributed by atoms with Crippen LogP contribution in [0.2, 0.25) is 0 Å². The Morgan fingerprint density at radius 3 is 2.90 bits per heavy atom. The molecule has 0 aliphatic carbocycles. The van der Waals surface area contributed by atoms with Gasteiger partial charge in [0.2, 0.25) is 5.16 Å². The highest BCUT2D eigenvalue weighted by Gasteiger charge is 2.13. The molecule has 0 saturated carbocycles. The number of carbonyl (C=O) groups is 1. The first-order valence-electron chi connectivity index (χ1n) is 5.74. The second-order valence-electron chi connectivity index (χ2n) is 3.90. The van der Waals surface area contributed by atoms with Crippen LogP contribution in [0, 0.1) is 6.92 Å². The van der Waals surface area contributed by atoms with E-state index in [0.717, 1.165) is 17.3 Å². The van der Waals surface area contributed by atoms with E-state index in [9.17, 15) is 9.90 Å². The van der Waals surface area contributed by atoms with Crippen LogP contribution in [0.1, 0.15) is 11.4 Å². The number of benzene rings is 1. The van der Waals surface area contributed by atoms with Crippen molar-refractivity contribution in [1.29, 1.82) is 0 Å². The highest BCUT2D eigenvalue weighted by Crippen LogP contribution is 2.26. The van der Waals surface area contributed by atoms with Gasteiger partial charge in [0.1, 0.15) is 16.5 Å². The minimum absolute atomic E-state index is 0.136. The number of nitrogens with zero attached hydrogens (tertiary/aromatic N) is 2. The number of nitrogens with one attached hydrogen (secondary N) is 1. The predicted octanol–water partition coefficient (Wildman–Crippen LogP) is 2.34. The summed E-state index contributed by atoms with van der Waals surface area (Å²) in [7, 11) is 1.56. The Morgan fingerprint density at radius 2 is 2.30 bits per heavy atom. The van der Waals surface area contributed by atoms with Crippen LogP contribution in [0.4, 0.5) is 0 Å². The molecule has 0 aliphatic rings. The fourth-order valence-electron chi connectivity index (χ4n) is 1.48. The number of aromatic nitrogens is 3. The summed E-state index contributed by atoms with van der Waals surface area (Å²) in [5, 5.41) is 16.2. The summed E-state index contributed by atoms with van der Waals surface area (Å²) in [6.07, 6.45) is 1.56. The van der Waals surface area contributed by atoms with Gasteiger partial charge in [-0.25, -0.2) is 9.78 Å². The number of thioether (sulfide) groups is 1. The average Bonchev–Trinajstić information content (AvgIpc) is 2.83. The van der Waals surface area contributed by atoms with Gasteiger partial charge < -0.3 is 9.84 Å². The Balaban J connectivity index is 2.27. The number of carboxylic acid groups (broad SMARTS) is 1. The fourth-order valence-corrected chi connectivity index (χ4v) is 2.24. The minimum Gasteiger partial charge on any atom is -0.497 e. The molecule has 0 fully saturated rings. The number of hydrogen-bond acceptors (Lipinski definition) is 5. The number of H-pyrrole nitrogens is 1. The number of rotatable bonds is 5. The molecule has 1 aromatic heterocycles. The SMILES string of the molecule is COc1cccc(C=C(Sc2n[nH]c(C)n2)C(=O)O)c1. The molecule has 20 heavy (non-hydrogen) atoms. The third-order valence-electron chi connectivity index (χ3n) is 2.38. The number of aliphatic carboxylic acids is 1. The predicted molar refractivity (Wildman–Crippen MR) is 75.6 cm³/mol. The normalized spacial score (nSPS) is 11.4. The lowest BCUT2D eigenvalue weighted by Crippen LogP contribution is -1.97. The first-order valence-corrected chi connectivity index (χ1v) is 6.56. The zero-order valence-electron chi connectivity index (χ0n) is 11.0. The van der Waals surface area contributed by atoms with Crippen LogP contribution >= 0.6 is 11.8 Å². The lowest BCUT2D eigenvalue weighted by atomic mass is 10.2. The summed E-state index contributed by atoms with van der Waals surface area (Å²) >= 11 is 0.993. The largest absolute Gasteiger partial charge is 0.497 e. The Bertz CT molecular complexity index is 652. The number of aryl methyl sites for hydroxylation is 1. The van der Waals surface area contributed by atoms with Gasteiger partial charge in [-0.15, -0.1) is 5.10 Å². The molecule has 0 unspecified atom stereocenters. The molecule has 2 rings (SSSR count). The monoisotopic (exact) mass is 291 g/mol. The fraction of sp³-hybridized carbons (Fsp3) is 0.154. The third-order valence-corrected chi connectivity index (χ3v) is 3.26. The molecule has 0 spiro atoms. The Hall–Kier alpha value is -2.28. The molecule has 6 nitrogen and oxygen atoms in total. The maximum atomic E-state index is 11.3. The lowest BCUT2D eigenvalue weighted by molar-refractivity contribution is -0.131. The zero-order chi connectivity index (χ0) is 14.5. The molecule has 2 N–H and O–H groups in total. The van der Waals surface area contributed by atoms with E-state index in [-0.39, 0.29) is 4.91 Å². The van der Waals surface area contributed by atoms with Crippen molar-refractivity contribution >= 4 is 23.8 Å². The molecule has 7 heteroatoms. The van der Waals surface area contributed by atoms with E-state index < -0.39 is 5.97 Å². The van der Waals surface area contributed by atoms with Crippen molar-refractivity contribution in [3.63, 3.8) is 0 Å². The third kappa shape index (κ3) is 3.61. The molecule has 2 aromatic rings. The average molecular weight is 291 g/mol. The number of methoxy groups -OCH3 is 1. The zero-order valence-corrected chi connectivity index (χ0v) is 11.8.